The minimum absolute atomic E-state index is 0.285. The van der Waals surface area contributed by atoms with E-state index in [0.717, 1.165) is 18.5 Å². The third kappa shape index (κ3) is 2.93. The zero-order valence-electron chi connectivity index (χ0n) is 16.2. The van der Waals surface area contributed by atoms with Gasteiger partial charge < -0.3 is 9.88 Å². The van der Waals surface area contributed by atoms with Gasteiger partial charge in [0, 0.05) is 30.2 Å². The van der Waals surface area contributed by atoms with Crippen LogP contribution in [0, 0.1) is 5.82 Å². The van der Waals surface area contributed by atoms with Crippen molar-refractivity contribution in [2.75, 3.05) is 5.32 Å². The van der Waals surface area contributed by atoms with Gasteiger partial charge in [0.1, 0.15) is 35.0 Å². The Balaban J connectivity index is 1.45. The van der Waals surface area contributed by atoms with E-state index in [1.165, 1.54) is 18.5 Å². The van der Waals surface area contributed by atoms with Crippen molar-refractivity contribution in [2.45, 2.75) is 18.9 Å². The summed E-state index contributed by atoms with van der Waals surface area (Å²) >= 11 is 0. The Morgan fingerprint density at radius 3 is 2.71 bits per heavy atom. The number of rotatable bonds is 4. The first-order valence-electron chi connectivity index (χ1n) is 9.91. The molecule has 0 aliphatic heterocycles. The maximum absolute atomic E-state index is 13.4. The molecule has 1 fully saturated rings. The van der Waals surface area contributed by atoms with Gasteiger partial charge in [0.05, 0.1) is 5.39 Å². The van der Waals surface area contributed by atoms with Crippen molar-refractivity contribution in [3.63, 3.8) is 0 Å². The van der Waals surface area contributed by atoms with Crippen LogP contribution in [0.5, 0.6) is 0 Å². The monoisotopic (exact) mass is 413 g/mol. The number of imidazole rings is 1. The maximum Gasteiger partial charge on any atom is 0.276 e. The summed E-state index contributed by atoms with van der Waals surface area (Å²) in [7, 11) is 0. The second-order valence-corrected chi connectivity index (χ2v) is 7.47. The second kappa shape index (κ2) is 6.69. The standard InChI is InChI=1S/C22H16FN7O/c23-14-4-2-13(3-5-14)17-20(30-10-1-9-24-22(30)27-17)28-21(31)18-16-8-11-29(15-6-7-15)19(16)26-12-25-18/h1-5,8-12,15H,6-7H2,(H,28,31). The number of aromatic nitrogens is 6. The van der Waals surface area contributed by atoms with Crippen LogP contribution in [0.4, 0.5) is 10.2 Å². The van der Waals surface area contributed by atoms with E-state index in [2.05, 4.69) is 29.8 Å². The molecule has 4 heterocycles. The Bertz CT molecular complexity index is 1450. The Labute approximate surface area is 175 Å². The second-order valence-electron chi connectivity index (χ2n) is 7.47. The molecule has 0 spiro atoms. The van der Waals surface area contributed by atoms with Gasteiger partial charge in [0.25, 0.3) is 5.91 Å². The first-order valence-corrected chi connectivity index (χ1v) is 9.91. The minimum Gasteiger partial charge on any atom is -0.329 e. The number of carbonyl (C=O) groups excluding carboxylic acids is 1. The van der Waals surface area contributed by atoms with Crippen molar-refractivity contribution in [1.29, 1.82) is 0 Å². The summed E-state index contributed by atoms with van der Waals surface area (Å²) in [5.74, 6) is 0.132. The molecule has 0 atom stereocenters. The third-order valence-corrected chi connectivity index (χ3v) is 5.42. The summed E-state index contributed by atoms with van der Waals surface area (Å²) in [5, 5.41) is 3.63. The van der Waals surface area contributed by atoms with E-state index >= 15 is 0 Å². The molecule has 5 aromatic rings. The maximum atomic E-state index is 13.4. The number of hydrogen-bond donors (Lipinski definition) is 1. The number of nitrogens with zero attached hydrogens (tertiary/aromatic N) is 6. The summed E-state index contributed by atoms with van der Waals surface area (Å²) < 4.78 is 17.2. The summed E-state index contributed by atoms with van der Waals surface area (Å²) in [4.78, 5) is 30.7. The number of amides is 1. The molecule has 4 aromatic heterocycles. The highest BCUT2D eigenvalue weighted by molar-refractivity contribution is 6.11. The molecule has 0 bridgehead atoms. The normalized spacial score (nSPS) is 13.7. The van der Waals surface area contributed by atoms with Crippen LogP contribution in [0.3, 0.4) is 0 Å². The largest absolute Gasteiger partial charge is 0.329 e. The van der Waals surface area contributed by atoms with E-state index < -0.39 is 0 Å². The Kier molecular flexibility index (Phi) is 3.82. The average Bonchev–Trinajstić information content (AvgIpc) is 3.44. The zero-order chi connectivity index (χ0) is 20.9. The van der Waals surface area contributed by atoms with E-state index in [1.54, 1.807) is 35.0 Å². The molecule has 31 heavy (non-hydrogen) atoms. The smallest absolute Gasteiger partial charge is 0.276 e. The van der Waals surface area contributed by atoms with Crippen LogP contribution in [0.15, 0.2) is 61.3 Å². The first-order chi connectivity index (χ1) is 15.2. The number of hydrogen-bond acceptors (Lipinski definition) is 5. The lowest BCUT2D eigenvalue weighted by Gasteiger charge is -2.08. The van der Waals surface area contributed by atoms with Crippen molar-refractivity contribution in [3.8, 4) is 11.3 Å². The van der Waals surface area contributed by atoms with Crippen LogP contribution in [0.1, 0.15) is 29.4 Å². The van der Waals surface area contributed by atoms with Gasteiger partial charge >= 0.3 is 0 Å². The molecule has 0 unspecified atom stereocenters. The lowest BCUT2D eigenvalue weighted by Crippen LogP contribution is -2.16. The molecule has 0 radical (unpaired) electrons. The van der Waals surface area contributed by atoms with E-state index in [4.69, 9.17) is 0 Å². The van der Waals surface area contributed by atoms with Crippen LogP contribution >= 0.6 is 0 Å². The van der Waals surface area contributed by atoms with E-state index in [0.29, 0.717) is 34.3 Å². The molecule has 152 valence electrons. The third-order valence-electron chi connectivity index (χ3n) is 5.42. The van der Waals surface area contributed by atoms with Gasteiger partial charge in [-0.1, -0.05) is 0 Å². The van der Waals surface area contributed by atoms with Crippen molar-refractivity contribution >= 4 is 28.5 Å². The molecule has 1 saturated carbocycles. The van der Waals surface area contributed by atoms with Gasteiger partial charge in [0.15, 0.2) is 0 Å². The predicted molar refractivity (Wildman–Crippen MR) is 112 cm³/mol. The number of carbonyl (C=O) groups is 1. The molecular formula is C22H16FN7O. The molecule has 1 amide bonds. The van der Waals surface area contributed by atoms with Crippen molar-refractivity contribution < 1.29 is 9.18 Å². The highest BCUT2D eigenvalue weighted by Gasteiger charge is 2.27. The van der Waals surface area contributed by atoms with E-state index in [9.17, 15) is 9.18 Å². The van der Waals surface area contributed by atoms with E-state index in [1.807, 2.05) is 12.3 Å². The lowest BCUT2D eigenvalue weighted by atomic mass is 10.1. The molecule has 8 nitrogen and oxygen atoms in total. The van der Waals surface area contributed by atoms with Crippen molar-refractivity contribution in [3.05, 3.63) is 72.8 Å². The lowest BCUT2D eigenvalue weighted by molar-refractivity contribution is 0.102. The fourth-order valence-corrected chi connectivity index (χ4v) is 3.78. The fourth-order valence-electron chi connectivity index (χ4n) is 3.78. The SMILES string of the molecule is O=C(Nc1c(-c2ccc(F)cc2)nc2ncccn12)c1ncnc2c1ccn2C1CC1. The number of fused-ring (bicyclic) bond motifs is 2. The van der Waals surface area contributed by atoms with Gasteiger partial charge in [-0.3, -0.25) is 9.20 Å². The first kappa shape index (κ1) is 17.7. The summed E-state index contributed by atoms with van der Waals surface area (Å²) in [5.41, 5.74) is 2.19. The number of benzene rings is 1. The molecule has 1 aromatic carbocycles. The highest BCUT2D eigenvalue weighted by Crippen LogP contribution is 2.37. The quantitative estimate of drug-likeness (QED) is 0.483. The minimum atomic E-state index is -0.380. The van der Waals surface area contributed by atoms with Gasteiger partial charge in [-0.15, -0.1) is 0 Å². The van der Waals surface area contributed by atoms with Crippen molar-refractivity contribution in [2.24, 2.45) is 0 Å². The Morgan fingerprint density at radius 1 is 1.06 bits per heavy atom. The topological polar surface area (TPSA) is 90.0 Å². The predicted octanol–water partition coefficient (Wildman–Crippen LogP) is 3.87. The average molecular weight is 413 g/mol. The number of anilines is 1. The summed E-state index contributed by atoms with van der Waals surface area (Å²) in [6.07, 6.45) is 8.98. The van der Waals surface area contributed by atoms with Gasteiger partial charge in [-0.2, -0.15) is 0 Å². The summed E-state index contributed by atoms with van der Waals surface area (Å²) in [6.45, 7) is 0. The molecule has 1 aliphatic carbocycles. The highest BCUT2D eigenvalue weighted by atomic mass is 19.1. The molecular weight excluding hydrogens is 397 g/mol. The van der Waals surface area contributed by atoms with Gasteiger partial charge in [-0.05, 0) is 49.2 Å². The molecule has 6 rings (SSSR count). The number of nitrogens with one attached hydrogen (secondary N) is 1. The Morgan fingerprint density at radius 2 is 1.90 bits per heavy atom. The van der Waals surface area contributed by atoms with Crippen molar-refractivity contribution in [1.82, 2.24) is 28.9 Å². The zero-order valence-corrected chi connectivity index (χ0v) is 16.2. The molecule has 0 saturated heterocycles. The van der Waals surface area contributed by atoms with Crippen LogP contribution in [0.25, 0.3) is 28.1 Å². The molecule has 1 N–H and O–H groups in total. The van der Waals surface area contributed by atoms with Crippen LogP contribution < -0.4 is 5.32 Å². The molecule has 1 aliphatic rings. The molecule has 9 heteroatoms. The summed E-state index contributed by atoms with van der Waals surface area (Å²) in [6, 6.07) is 10.0. The van der Waals surface area contributed by atoms with Crippen LogP contribution in [-0.2, 0) is 0 Å². The van der Waals surface area contributed by atoms with Gasteiger partial charge in [0.2, 0.25) is 5.78 Å². The van der Waals surface area contributed by atoms with E-state index in [-0.39, 0.29) is 17.4 Å². The number of halogens is 1. The van der Waals surface area contributed by atoms with Crippen LogP contribution in [-0.4, -0.2) is 34.8 Å². The Hall–Kier alpha value is -4.14. The van der Waals surface area contributed by atoms with Gasteiger partial charge in [-0.25, -0.2) is 24.3 Å². The fraction of sp³-hybridized carbons (Fsp3) is 0.136. The van der Waals surface area contributed by atoms with Crippen LogP contribution in [0.2, 0.25) is 0 Å².